The molecule has 0 spiro atoms. The van der Waals surface area contributed by atoms with Gasteiger partial charge in [-0.15, -0.1) is 0 Å². The first kappa shape index (κ1) is 7.88. The molecule has 0 aliphatic carbocycles. The number of fused-ring (bicyclic) bond motifs is 1. The number of hydrogen-bond donors (Lipinski definition) is 2. The standard InChI is InChI=1S/C11H12N2O/c1-2-10-9(4-5-13-10)11(3-1)14-8-6-12-7-8/h1-5,8,12-13H,6-7H2. The van der Waals surface area contributed by atoms with Gasteiger partial charge in [0.25, 0.3) is 0 Å². The van der Waals surface area contributed by atoms with Crippen molar-refractivity contribution in [2.24, 2.45) is 0 Å². The molecule has 1 fully saturated rings. The summed E-state index contributed by atoms with van der Waals surface area (Å²) in [5.74, 6) is 0.982. The molecule has 1 saturated heterocycles. The Balaban J connectivity index is 1.97. The molecule has 2 heterocycles. The number of H-pyrrole nitrogens is 1. The molecule has 0 amide bonds. The van der Waals surface area contributed by atoms with E-state index in [0.717, 1.165) is 24.4 Å². The summed E-state index contributed by atoms with van der Waals surface area (Å²) in [6.45, 7) is 1.92. The van der Waals surface area contributed by atoms with Crippen molar-refractivity contribution in [2.75, 3.05) is 13.1 Å². The van der Waals surface area contributed by atoms with E-state index in [4.69, 9.17) is 4.74 Å². The highest BCUT2D eigenvalue weighted by Crippen LogP contribution is 2.25. The van der Waals surface area contributed by atoms with Gasteiger partial charge in [-0.2, -0.15) is 0 Å². The summed E-state index contributed by atoms with van der Waals surface area (Å²) in [6.07, 6.45) is 2.28. The van der Waals surface area contributed by atoms with Gasteiger partial charge in [0.1, 0.15) is 11.9 Å². The minimum Gasteiger partial charge on any atom is -0.487 e. The molecule has 3 heteroatoms. The fourth-order valence-corrected chi connectivity index (χ4v) is 1.68. The van der Waals surface area contributed by atoms with Gasteiger partial charge in [0, 0.05) is 30.2 Å². The molecule has 1 aromatic carbocycles. The smallest absolute Gasteiger partial charge is 0.129 e. The van der Waals surface area contributed by atoms with Crippen LogP contribution in [0.1, 0.15) is 0 Å². The molecule has 1 aromatic heterocycles. The summed E-state index contributed by atoms with van der Waals surface area (Å²) < 4.78 is 5.84. The molecular weight excluding hydrogens is 176 g/mol. The Morgan fingerprint density at radius 2 is 2.14 bits per heavy atom. The normalized spacial score (nSPS) is 16.9. The van der Waals surface area contributed by atoms with Gasteiger partial charge in [0.15, 0.2) is 0 Å². The summed E-state index contributed by atoms with van der Waals surface area (Å²) in [7, 11) is 0. The average Bonchev–Trinajstić information content (AvgIpc) is 2.59. The van der Waals surface area contributed by atoms with Gasteiger partial charge in [-0.25, -0.2) is 0 Å². The molecule has 1 aliphatic heterocycles. The summed E-state index contributed by atoms with van der Waals surface area (Å²) in [5, 5.41) is 4.36. The van der Waals surface area contributed by atoms with Crippen molar-refractivity contribution in [3.63, 3.8) is 0 Å². The highest BCUT2D eigenvalue weighted by Gasteiger charge is 2.18. The molecule has 1 aliphatic rings. The third kappa shape index (κ3) is 1.17. The molecule has 3 rings (SSSR count). The number of ether oxygens (including phenoxy) is 1. The number of aromatic amines is 1. The van der Waals surface area contributed by atoms with Crippen molar-refractivity contribution >= 4 is 10.9 Å². The van der Waals surface area contributed by atoms with E-state index >= 15 is 0 Å². The molecule has 0 radical (unpaired) electrons. The SMILES string of the molecule is c1cc(OC2CNC2)c2cc[nH]c2c1. The van der Waals surface area contributed by atoms with Crippen molar-refractivity contribution < 1.29 is 4.74 Å². The summed E-state index contributed by atoms with van der Waals surface area (Å²) in [4.78, 5) is 3.17. The van der Waals surface area contributed by atoms with E-state index in [-0.39, 0.29) is 0 Å². The largest absolute Gasteiger partial charge is 0.487 e. The maximum atomic E-state index is 5.84. The zero-order chi connectivity index (χ0) is 9.38. The number of aromatic nitrogens is 1. The van der Waals surface area contributed by atoms with Crippen LogP contribution < -0.4 is 10.1 Å². The molecule has 14 heavy (non-hydrogen) atoms. The van der Waals surface area contributed by atoms with E-state index in [0.29, 0.717) is 6.10 Å². The minimum absolute atomic E-state index is 0.343. The second kappa shape index (κ2) is 3.03. The average molecular weight is 188 g/mol. The third-order valence-electron chi connectivity index (χ3n) is 2.59. The molecule has 72 valence electrons. The number of rotatable bonds is 2. The van der Waals surface area contributed by atoms with Gasteiger partial charge < -0.3 is 15.0 Å². The number of nitrogens with one attached hydrogen (secondary N) is 2. The van der Waals surface area contributed by atoms with Crippen LogP contribution in [-0.4, -0.2) is 24.2 Å². The number of hydrogen-bond acceptors (Lipinski definition) is 2. The topological polar surface area (TPSA) is 37.0 Å². The fraction of sp³-hybridized carbons (Fsp3) is 0.273. The van der Waals surface area contributed by atoms with Gasteiger partial charge >= 0.3 is 0 Å². The van der Waals surface area contributed by atoms with Crippen molar-refractivity contribution in [2.45, 2.75) is 6.10 Å². The van der Waals surface area contributed by atoms with Crippen LogP contribution in [-0.2, 0) is 0 Å². The van der Waals surface area contributed by atoms with Crippen LogP contribution >= 0.6 is 0 Å². The van der Waals surface area contributed by atoms with Gasteiger partial charge in [0.05, 0.1) is 0 Å². The highest BCUT2D eigenvalue weighted by atomic mass is 16.5. The van der Waals surface area contributed by atoms with E-state index in [9.17, 15) is 0 Å². The summed E-state index contributed by atoms with van der Waals surface area (Å²) in [6, 6.07) is 8.15. The molecule has 0 bridgehead atoms. The van der Waals surface area contributed by atoms with Crippen LogP contribution in [0, 0.1) is 0 Å². The van der Waals surface area contributed by atoms with E-state index in [1.807, 2.05) is 18.3 Å². The van der Waals surface area contributed by atoms with Crippen LogP contribution in [0.2, 0.25) is 0 Å². The van der Waals surface area contributed by atoms with Crippen LogP contribution in [0.4, 0.5) is 0 Å². The first-order valence-corrected chi connectivity index (χ1v) is 4.87. The predicted molar refractivity (Wildman–Crippen MR) is 55.6 cm³/mol. The van der Waals surface area contributed by atoms with Crippen LogP contribution in [0.5, 0.6) is 5.75 Å². The predicted octanol–water partition coefficient (Wildman–Crippen LogP) is 1.52. The van der Waals surface area contributed by atoms with Crippen LogP contribution in [0.3, 0.4) is 0 Å². The van der Waals surface area contributed by atoms with E-state index < -0.39 is 0 Å². The molecule has 0 saturated carbocycles. The summed E-state index contributed by atoms with van der Waals surface area (Å²) >= 11 is 0. The zero-order valence-electron chi connectivity index (χ0n) is 7.79. The lowest BCUT2D eigenvalue weighted by molar-refractivity contribution is 0.144. The second-order valence-electron chi connectivity index (χ2n) is 3.59. The van der Waals surface area contributed by atoms with E-state index in [1.165, 1.54) is 5.39 Å². The minimum atomic E-state index is 0.343. The van der Waals surface area contributed by atoms with Gasteiger partial charge in [-0.05, 0) is 18.2 Å². The first-order chi connectivity index (χ1) is 6.93. The van der Waals surface area contributed by atoms with Crippen molar-refractivity contribution in [3.8, 4) is 5.75 Å². The van der Waals surface area contributed by atoms with Crippen LogP contribution in [0.25, 0.3) is 10.9 Å². The Hall–Kier alpha value is -1.48. The first-order valence-electron chi connectivity index (χ1n) is 4.87. The molecule has 3 nitrogen and oxygen atoms in total. The van der Waals surface area contributed by atoms with Crippen molar-refractivity contribution in [1.29, 1.82) is 0 Å². The summed E-state index contributed by atoms with van der Waals surface area (Å²) in [5.41, 5.74) is 1.13. The maximum absolute atomic E-state index is 5.84. The lowest BCUT2D eigenvalue weighted by atomic mass is 10.2. The lowest BCUT2D eigenvalue weighted by Crippen LogP contribution is -2.50. The fourth-order valence-electron chi connectivity index (χ4n) is 1.68. The van der Waals surface area contributed by atoms with Crippen molar-refractivity contribution in [1.82, 2.24) is 10.3 Å². The highest BCUT2D eigenvalue weighted by molar-refractivity contribution is 5.85. The molecule has 0 atom stereocenters. The zero-order valence-corrected chi connectivity index (χ0v) is 7.79. The Bertz CT molecular complexity index is 445. The van der Waals surface area contributed by atoms with E-state index in [2.05, 4.69) is 22.4 Å². The quantitative estimate of drug-likeness (QED) is 0.749. The van der Waals surface area contributed by atoms with Gasteiger partial charge in [-0.1, -0.05) is 6.07 Å². The van der Waals surface area contributed by atoms with Gasteiger partial charge in [-0.3, -0.25) is 0 Å². The van der Waals surface area contributed by atoms with E-state index in [1.54, 1.807) is 0 Å². The Kier molecular flexibility index (Phi) is 1.70. The Morgan fingerprint density at radius 1 is 1.21 bits per heavy atom. The monoisotopic (exact) mass is 188 g/mol. The Labute approximate surface area is 82.1 Å². The molecule has 0 unspecified atom stereocenters. The Morgan fingerprint density at radius 3 is 2.93 bits per heavy atom. The number of benzene rings is 1. The van der Waals surface area contributed by atoms with Crippen LogP contribution in [0.15, 0.2) is 30.5 Å². The van der Waals surface area contributed by atoms with Gasteiger partial charge in [0.2, 0.25) is 0 Å². The molecular formula is C11H12N2O. The third-order valence-corrected chi connectivity index (χ3v) is 2.59. The lowest BCUT2D eigenvalue weighted by Gasteiger charge is -2.28. The molecule has 2 N–H and O–H groups in total. The maximum Gasteiger partial charge on any atom is 0.129 e. The second-order valence-corrected chi connectivity index (χ2v) is 3.59. The molecule has 2 aromatic rings. The van der Waals surface area contributed by atoms with Crippen molar-refractivity contribution in [3.05, 3.63) is 30.5 Å².